The number of likely N-dealkylation sites (N-methyl/N-ethyl adjacent to an activating group) is 1. The van der Waals surface area contributed by atoms with Gasteiger partial charge in [0.1, 0.15) is 5.82 Å². The number of anilines is 1. The van der Waals surface area contributed by atoms with E-state index in [1.165, 1.54) is 0 Å². The Balaban J connectivity index is 1.91. The molecular weight excluding hydrogens is 204 g/mol. The molecule has 1 fully saturated rings. The van der Waals surface area contributed by atoms with Crippen LogP contribution in [0.25, 0.3) is 0 Å². The van der Waals surface area contributed by atoms with Gasteiger partial charge in [0, 0.05) is 32.1 Å². The largest absolute Gasteiger partial charge is 0.338 e. The highest BCUT2D eigenvalue weighted by molar-refractivity contribution is 5.31. The number of hydrogen-bond donors (Lipinski definition) is 2. The van der Waals surface area contributed by atoms with Crippen molar-refractivity contribution in [2.24, 2.45) is 5.73 Å². The minimum Gasteiger partial charge on any atom is -0.338 e. The van der Waals surface area contributed by atoms with Crippen LogP contribution in [0.5, 0.6) is 0 Å². The Morgan fingerprint density at radius 2 is 2.38 bits per heavy atom. The van der Waals surface area contributed by atoms with Gasteiger partial charge in [0.25, 0.3) is 0 Å². The van der Waals surface area contributed by atoms with Crippen molar-refractivity contribution in [1.29, 1.82) is 0 Å². The fraction of sp³-hybridized carbons (Fsp3) is 0.800. The Hall–Kier alpha value is -1.14. The van der Waals surface area contributed by atoms with Crippen LogP contribution in [0.15, 0.2) is 0 Å². The zero-order valence-corrected chi connectivity index (χ0v) is 9.98. The molecule has 1 saturated heterocycles. The molecule has 1 aromatic heterocycles. The van der Waals surface area contributed by atoms with Crippen molar-refractivity contribution in [3.63, 3.8) is 0 Å². The predicted molar refractivity (Wildman–Crippen MR) is 63.4 cm³/mol. The van der Waals surface area contributed by atoms with E-state index in [-0.39, 0.29) is 6.04 Å². The molecule has 16 heavy (non-hydrogen) atoms. The molecule has 1 aromatic rings. The van der Waals surface area contributed by atoms with Gasteiger partial charge in [-0.25, -0.2) is 0 Å². The molecule has 0 spiro atoms. The van der Waals surface area contributed by atoms with Crippen molar-refractivity contribution in [2.45, 2.75) is 18.9 Å². The monoisotopic (exact) mass is 224 g/mol. The normalized spacial score (nSPS) is 21.0. The van der Waals surface area contributed by atoms with Crippen LogP contribution < -0.4 is 10.6 Å². The highest BCUT2D eigenvalue weighted by atomic mass is 15.4. The number of hydrogen-bond acceptors (Lipinski definition) is 5. The van der Waals surface area contributed by atoms with E-state index in [1.54, 1.807) is 0 Å². The van der Waals surface area contributed by atoms with Gasteiger partial charge in [0.15, 0.2) is 0 Å². The second-order valence-electron chi connectivity index (χ2n) is 4.63. The summed E-state index contributed by atoms with van der Waals surface area (Å²) >= 11 is 0. The van der Waals surface area contributed by atoms with E-state index >= 15 is 0 Å². The van der Waals surface area contributed by atoms with Crippen LogP contribution in [0.3, 0.4) is 0 Å². The Kier molecular flexibility index (Phi) is 3.40. The highest BCUT2D eigenvalue weighted by Gasteiger charge is 2.22. The molecule has 6 nitrogen and oxygen atoms in total. The molecule has 1 aliphatic heterocycles. The summed E-state index contributed by atoms with van der Waals surface area (Å²) in [5, 5.41) is 7.21. The minimum absolute atomic E-state index is 0.267. The Morgan fingerprint density at radius 1 is 1.56 bits per heavy atom. The first kappa shape index (κ1) is 11.3. The number of H-pyrrole nitrogens is 1. The number of aromatic amines is 1. The van der Waals surface area contributed by atoms with E-state index in [1.807, 2.05) is 0 Å². The van der Waals surface area contributed by atoms with Crippen molar-refractivity contribution < 1.29 is 0 Å². The number of rotatable bonds is 4. The standard InChI is InChI=1S/C10H20N6/c1-15(2)5-4-9-12-10(14-13-9)16-6-3-8(11)7-16/h8H,3-7,11H2,1-2H3,(H,12,13,14). The molecule has 1 aliphatic rings. The van der Waals surface area contributed by atoms with Crippen LogP contribution in [-0.2, 0) is 6.42 Å². The van der Waals surface area contributed by atoms with Crippen molar-refractivity contribution in [2.75, 3.05) is 38.6 Å². The maximum Gasteiger partial charge on any atom is 0.244 e. The first-order chi connectivity index (χ1) is 7.65. The second kappa shape index (κ2) is 4.80. The Morgan fingerprint density at radius 3 is 3.00 bits per heavy atom. The molecule has 0 radical (unpaired) electrons. The van der Waals surface area contributed by atoms with E-state index in [0.29, 0.717) is 0 Å². The van der Waals surface area contributed by atoms with Gasteiger partial charge in [0.2, 0.25) is 5.95 Å². The Labute approximate surface area is 95.8 Å². The van der Waals surface area contributed by atoms with Gasteiger partial charge in [-0.05, 0) is 20.5 Å². The summed E-state index contributed by atoms with van der Waals surface area (Å²) in [5.41, 5.74) is 5.85. The van der Waals surface area contributed by atoms with Gasteiger partial charge >= 0.3 is 0 Å². The third-order valence-electron chi connectivity index (χ3n) is 2.82. The third-order valence-corrected chi connectivity index (χ3v) is 2.82. The summed E-state index contributed by atoms with van der Waals surface area (Å²) in [6, 6.07) is 0.267. The topological polar surface area (TPSA) is 74.1 Å². The van der Waals surface area contributed by atoms with Gasteiger partial charge < -0.3 is 15.5 Å². The van der Waals surface area contributed by atoms with Gasteiger partial charge in [-0.2, -0.15) is 4.98 Å². The maximum absolute atomic E-state index is 5.85. The number of nitrogens with zero attached hydrogens (tertiary/aromatic N) is 4. The fourth-order valence-electron chi connectivity index (χ4n) is 1.84. The molecule has 0 saturated carbocycles. The molecule has 2 heterocycles. The summed E-state index contributed by atoms with van der Waals surface area (Å²) in [5.74, 6) is 1.74. The molecule has 0 bridgehead atoms. The molecule has 0 amide bonds. The van der Waals surface area contributed by atoms with E-state index < -0.39 is 0 Å². The number of nitrogens with one attached hydrogen (secondary N) is 1. The first-order valence-corrected chi connectivity index (χ1v) is 5.71. The van der Waals surface area contributed by atoms with E-state index in [4.69, 9.17) is 5.73 Å². The predicted octanol–water partition coefficient (Wildman–Crippen LogP) is -0.554. The lowest BCUT2D eigenvalue weighted by molar-refractivity contribution is 0.410. The fourth-order valence-corrected chi connectivity index (χ4v) is 1.84. The van der Waals surface area contributed by atoms with Crippen molar-refractivity contribution in [3.05, 3.63) is 5.82 Å². The summed E-state index contributed by atoms with van der Waals surface area (Å²) in [6.45, 7) is 2.81. The van der Waals surface area contributed by atoms with Crippen LogP contribution in [0.4, 0.5) is 5.95 Å². The SMILES string of the molecule is CN(C)CCc1nc(N2CCC(N)C2)n[nH]1. The third kappa shape index (κ3) is 2.70. The lowest BCUT2D eigenvalue weighted by atomic mass is 10.3. The van der Waals surface area contributed by atoms with Crippen molar-refractivity contribution >= 4 is 5.95 Å². The molecule has 2 rings (SSSR count). The van der Waals surface area contributed by atoms with E-state index in [2.05, 4.69) is 39.1 Å². The minimum atomic E-state index is 0.267. The zero-order chi connectivity index (χ0) is 11.5. The highest BCUT2D eigenvalue weighted by Crippen LogP contribution is 2.14. The van der Waals surface area contributed by atoms with Crippen molar-refractivity contribution in [3.8, 4) is 0 Å². The summed E-state index contributed by atoms with van der Waals surface area (Å²) in [4.78, 5) is 8.75. The maximum atomic E-state index is 5.85. The van der Waals surface area contributed by atoms with Crippen molar-refractivity contribution in [1.82, 2.24) is 20.1 Å². The molecule has 0 aliphatic carbocycles. The first-order valence-electron chi connectivity index (χ1n) is 5.71. The van der Waals surface area contributed by atoms with E-state index in [0.717, 1.165) is 44.2 Å². The summed E-state index contributed by atoms with van der Waals surface area (Å²) in [7, 11) is 4.10. The quantitative estimate of drug-likeness (QED) is 0.717. The molecular formula is C10H20N6. The molecule has 90 valence electrons. The smallest absolute Gasteiger partial charge is 0.244 e. The number of nitrogens with two attached hydrogens (primary N) is 1. The Bertz CT molecular complexity index is 334. The van der Waals surface area contributed by atoms with Crippen LogP contribution >= 0.6 is 0 Å². The number of aromatic nitrogens is 3. The van der Waals surface area contributed by atoms with Crippen LogP contribution in [0.2, 0.25) is 0 Å². The zero-order valence-electron chi connectivity index (χ0n) is 9.98. The van der Waals surface area contributed by atoms with Gasteiger partial charge in [-0.1, -0.05) is 0 Å². The molecule has 1 atom stereocenters. The van der Waals surface area contributed by atoms with Gasteiger partial charge in [0.05, 0.1) is 0 Å². The summed E-state index contributed by atoms with van der Waals surface area (Å²) in [6.07, 6.45) is 1.93. The van der Waals surface area contributed by atoms with E-state index in [9.17, 15) is 0 Å². The average molecular weight is 224 g/mol. The molecule has 3 N–H and O–H groups in total. The molecule has 1 unspecified atom stereocenters. The average Bonchev–Trinajstić information content (AvgIpc) is 2.83. The summed E-state index contributed by atoms with van der Waals surface area (Å²) < 4.78 is 0. The lowest BCUT2D eigenvalue weighted by Crippen LogP contribution is -2.27. The van der Waals surface area contributed by atoms with Crippen LogP contribution in [0, 0.1) is 0 Å². The van der Waals surface area contributed by atoms with Gasteiger partial charge in [-0.3, -0.25) is 5.10 Å². The van der Waals surface area contributed by atoms with Crippen LogP contribution in [-0.4, -0.2) is 59.9 Å². The van der Waals surface area contributed by atoms with Crippen LogP contribution in [0.1, 0.15) is 12.2 Å². The molecule has 0 aromatic carbocycles. The molecule has 6 heteroatoms. The lowest BCUT2D eigenvalue weighted by Gasteiger charge is -2.11. The second-order valence-corrected chi connectivity index (χ2v) is 4.63. The van der Waals surface area contributed by atoms with Gasteiger partial charge in [-0.15, -0.1) is 5.10 Å².